The predicted molar refractivity (Wildman–Crippen MR) is 64.9 cm³/mol. The van der Waals surface area contributed by atoms with Crippen LogP contribution in [0.1, 0.15) is 20.8 Å². The lowest BCUT2D eigenvalue weighted by molar-refractivity contribution is 0.303. The first-order chi connectivity index (χ1) is 6.98. The molecular weight excluding hydrogens is 186 g/mol. The van der Waals surface area contributed by atoms with Crippen LogP contribution < -0.4 is 16.4 Å². The van der Waals surface area contributed by atoms with Crippen molar-refractivity contribution >= 4 is 11.4 Å². The number of benzene rings is 1. The standard InChI is InChI=1S/C12H19N3/c1-12(2,3)10(13)11-14-8-6-4-5-7-9(8)15-11/h4-7,10-11,14-15H,13H2,1-3H3/t10-/m1/s1. The van der Waals surface area contributed by atoms with E-state index in [0.717, 1.165) is 11.4 Å². The van der Waals surface area contributed by atoms with Crippen LogP contribution in [-0.2, 0) is 0 Å². The number of nitrogens with one attached hydrogen (secondary N) is 2. The molecule has 4 N–H and O–H groups in total. The molecule has 3 heteroatoms. The maximum absolute atomic E-state index is 6.21. The zero-order valence-electron chi connectivity index (χ0n) is 9.54. The van der Waals surface area contributed by atoms with Crippen LogP contribution in [0.4, 0.5) is 11.4 Å². The molecule has 1 atom stereocenters. The molecule has 1 aromatic rings. The molecule has 0 amide bonds. The summed E-state index contributed by atoms with van der Waals surface area (Å²) in [7, 11) is 0. The van der Waals surface area contributed by atoms with Gasteiger partial charge in [0.05, 0.1) is 11.4 Å². The van der Waals surface area contributed by atoms with Crippen LogP contribution in [0.2, 0.25) is 0 Å². The molecule has 1 aliphatic heterocycles. The molecule has 0 bridgehead atoms. The van der Waals surface area contributed by atoms with Gasteiger partial charge in [0.2, 0.25) is 0 Å². The van der Waals surface area contributed by atoms with Crippen LogP contribution in [0.15, 0.2) is 24.3 Å². The maximum atomic E-state index is 6.21. The minimum atomic E-state index is 0.0740. The third-order valence-electron chi connectivity index (χ3n) is 2.91. The molecule has 1 heterocycles. The van der Waals surface area contributed by atoms with Gasteiger partial charge in [0, 0.05) is 6.04 Å². The van der Waals surface area contributed by atoms with Crippen molar-refractivity contribution in [1.29, 1.82) is 0 Å². The highest BCUT2D eigenvalue weighted by Gasteiger charge is 2.32. The second kappa shape index (κ2) is 3.42. The number of para-hydroxylation sites is 2. The fourth-order valence-corrected chi connectivity index (χ4v) is 1.79. The van der Waals surface area contributed by atoms with E-state index in [-0.39, 0.29) is 17.6 Å². The fraction of sp³-hybridized carbons (Fsp3) is 0.500. The molecule has 15 heavy (non-hydrogen) atoms. The van der Waals surface area contributed by atoms with Gasteiger partial charge in [-0.15, -0.1) is 0 Å². The molecule has 0 radical (unpaired) electrons. The van der Waals surface area contributed by atoms with E-state index in [2.05, 4.69) is 43.5 Å². The van der Waals surface area contributed by atoms with Gasteiger partial charge in [-0.2, -0.15) is 0 Å². The highest BCUT2D eigenvalue weighted by atomic mass is 15.2. The Morgan fingerprint density at radius 2 is 1.60 bits per heavy atom. The summed E-state index contributed by atoms with van der Waals surface area (Å²) in [6.45, 7) is 6.47. The van der Waals surface area contributed by atoms with Crippen LogP contribution in [0.25, 0.3) is 0 Å². The van der Waals surface area contributed by atoms with Crippen LogP contribution >= 0.6 is 0 Å². The molecule has 0 fully saturated rings. The second-order valence-corrected chi connectivity index (χ2v) is 5.20. The highest BCUT2D eigenvalue weighted by Crippen LogP contribution is 2.32. The average Bonchev–Trinajstić information content (AvgIpc) is 2.58. The Hall–Kier alpha value is -1.22. The monoisotopic (exact) mass is 205 g/mol. The molecule has 1 aliphatic rings. The molecule has 0 saturated carbocycles. The Labute approximate surface area is 91.1 Å². The van der Waals surface area contributed by atoms with Crippen LogP contribution in [-0.4, -0.2) is 12.2 Å². The zero-order chi connectivity index (χ0) is 11.1. The van der Waals surface area contributed by atoms with E-state index in [1.807, 2.05) is 12.1 Å². The van der Waals surface area contributed by atoms with Gasteiger partial charge in [0.15, 0.2) is 0 Å². The Kier molecular flexibility index (Phi) is 2.35. The molecule has 2 rings (SSSR count). The summed E-state index contributed by atoms with van der Waals surface area (Å²) in [5.74, 6) is 0. The molecule has 3 nitrogen and oxygen atoms in total. The van der Waals surface area contributed by atoms with Crippen molar-refractivity contribution in [2.45, 2.75) is 33.0 Å². The van der Waals surface area contributed by atoms with E-state index in [1.165, 1.54) is 0 Å². The van der Waals surface area contributed by atoms with Crippen LogP contribution in [0, 0.1) is 5.41 Å². The number of nitrogens with two attached hydrogens (primary N) is 1. The first-order valence-electron chi connectivity index (χ1n) is 5.36. The van der Waals surface area contributed by atoms with Crippen molar-refractivity contribution in [2.24, 2.45) is 11.1 Å². The fourth-order valence-electron chi connectivity index (χ4n) is 1.79. The van der Waals surface area contributed by atoms with Crippen LogP contribution in [0.3, 0.4) is 0 Å². The SMILES string of the molecule is CC(C)(C)[C@H](N)C1Nc2ccccc2N1. The number of anilines is 2. The van der Waals surface area contributed by atoms with Crippen molar-refractivity contribution in [2.75, 3.05) is 10.6 Å². The average molecular weight is 205 g/mol. The number of fused-ring (bicyclic) bond motifs is 1. The quantitative estimate of drug-likeness (QED) is 0.659. The Bertz CT molecular complexity index is 329. The Morgan fingerprint density at radius 3 is 2.00 bits per heavy atom. The van der Waals surface area contributed by atoms with E-state index in [0.29, 0.717) is 0 Å². The zero-order valence-corrected chi connectivity index (χ0v) is 9.54. The molecule has 82 valence electrons. The van der Waals surface area contributed by atoms with Gasteiger partial charge in [-0.1, -0.05) is 32.9 Å². The lowest BCUT2D eigenvalue weighted by Gasteiger charge is -2.32. The largest absolute Gasteiger partial charge is 0.362 e. The molecular formula is C12H19N3. The number of hydrogen-bond acceptors (Lipinski definition) is 3. The number of rotatable bonds is 1. The molecule has 0 saturated heterocycles. The molecule has 0 aromatic heterocycles. The topological polar surface area (TPSA) is 50.1 Å². The molecule has 1 aromatic carbocycles. The summed E-state index contributed by atoms with van der Waals surface area (Å²) in [5.41, 5.74) is 8.58. The minimum Gasteiger partial charge on any atom is -0.362 e. The molecule has 0 unspecified atom stereocenters. The maximum Gasteiger partial charge on any atom is 0.113 e. The number of hydrogen-bond donors (Lipinski definition) is 3. The van der Waals surface area contributed by atoms with Gasteiger partial charge >= 0.3 is 0 Å². The Balaban J connectivity index is 2.14. The second-order valence-electron chi connectivity index (χ2n) is 5.20. The van der Waals surface area contributed by atoms with Gasteiger partial charge in [-0.25, -0.2) is 0 Å². The summed E-state index contributed by atoms with van der Waals surface area (Å²) >= 11 is 0. The first kappa shape index (κ1) is 10.3. The summed E-state index contributed by atoms with van der Waals surface area (Å²) < 4.78 is 0. The molecule has 0 aliphatic carbocycles. The van der Waals surface area contributed by atoms with E-state index in [4.69, 9.17) is 5.73 Å². The van der Waals surface area contributed by atoms with Gasteiger partial charge in [-0.3, -0.25) is 0 Å². The summed E-state index contributed by atoms with van der Waals surface area (Å²) in [4.78, 5) is 0. The summed E-state index contributed by atoms with van der Waals surface area (Å²) in [6, 6.07) is 8.26. The van der Waals surface area contributed by atoms with Gasteiger partial charge in [0.1, 0.15) is 6.17 Å². The van der Waals surface area contributed by atoms with E-state index in [1.54, 1.807) is 0 Å². The highest BCUT2D eigenvalue weighted by molar-refractivity contribution is 5.74. The van der Waals surface area contributed by atoms with Crippen LogP contribution in [0.5, 0.6) is 0 Å². The van der Waals surface area contributed by atoms with Crippen molar-refractivity contribution in [3.05, 3.63) is 24.3 Å². The smallest absolute Gasteiger partial charge is 0.113 e. The Morgan fingerprint density at radius 1 is 1.13 bits per heavy atom. The predicted octanol–water partition coefficient (Wildman–Crippen LogP) is 2.22. The van der Waals surface area contributed by atoms with Crippen molar-refractivity contribution in [3.8, 4) is 0 Å². The minimum absolute atomic E-state index is 0.0740. The van der Waals surface area contributed by atoms with Crippen molar-refractivity contribution in [1.82, 2.24) is 0 Å². The summed E-state index contributed by atoms with van der Waals surface area (Å²) in [5, 5.41) is 6.81. The van der Waals surface area contributed by atoms with Gasteiger partial charge < -0.3 is 16.4 Å². The van der Waals surface area contributed by atoms with Crippen molar-refractivity contribution < 1.29 is 0 Å². The van der Waals surface area contributed by atoms with E-state index < -0.39 is 0 Å². The first-order valence-corrected chi connectivity index (χ1v) is 5.36. The van der Waals surface area contributed by atoms with E-state index in [9.17, 15) is 0 Å². The molecule has 0 spiro atoms. The van der Waals surface area contributed by atoms with Gasteiger partial charge in [-0.05, 0) is 17.5 Å². The third-order valence-corrected chi connectivity index (χ3v) is 2.91. The normalized spacial score (nSPS) is 17.9. The summed E-state index contributed by atoms with van der Waals surface area (Å²) in [6.07, 6.45) is 0.127. The lowest BCUT2D eigenvalue weighted by Crippen LogP contribution is -2.50. The van der Waals surface area contributed by atoms with E-state index >= 15 is 0 Å². The van der Waals surface area contributed by atoms with Crippen molar-refractivity contribution in [3.63, 3.8) is 0 Å². The third kappa shape index (κ3) is 1.92. The lowest BCUT2D eigenvalue weighted by atomic mass is 9.85. The van der Waals surface area contributed by atoms with Gasteiger partial charge in [0.25, 0.3) is 0 Å².